The largest absolute Gasteiger partial charge is 0.479 e. The molecule has 0 aromatic heterocycles. The summed E-state index contributed by atoms with van der Waals surface area (Å²) in [6.07, 6.45) is -0.678. The third-order valence-corrected chi connectivity index (χ3v) is 4.96. The highest BCUT2D eigenvalue weighted by Crippen LogP contribution is 2.45. The molecule has 0 radical (unpaired) electrons. The van der Waals surface area contributed by atoms with Gasteiger partial charge >= 0.3 is 0 Å². The molecule has 3 heteroatoms. The van der Waals surface area contributed by atoms with E-state index < -0.39 is 6.10 Å². The van der Waals surface area contributed by atoms with Crippen LogP contribution in [0.25, 0.3) is 5.76 Å². The zero-order chi connectivity index (χ0) is 17.9. The first-order valence-electron chi connectivity index (χ1n) is 8.51. The van der Waals surface area contributed by atoms with E-state index in [1.165, 1.54) is 0 Å². The number of halogens is 1. The van der Waals surface area contributed by atoms with Crippen LogP contribution in [-0.4, -0.2) is 11.9 Å². The van der Waals surface area contributed by atoms with Crippen molar-refractivity contribution in [3.63, 3.8) is 0 Å². The number of ketones is 1. The molecular weight excluding hydrogens is 344 g/mol. The molecular formula is C23H17ClO2. The van der Waals surface area contributed by atoms with Crippen LogP contribution < -0.4 is 0 Å². The highest BCUT2D eigenvalue weighted by Gasteiger charge is 2.42. The van der Waals surface area contributed by atoms with E-state index in [9.17, 15) is 4.79 Å². The summed E-state index contributed by atoms with van der Waals surface area (Å²) in [5, 5.41) is 0.566. The number of hydrogen-bond acceptors (Lipinski definition) is 2. The molecule has 4 rings (SSSR count). The summed E-state index contributed by atoms with van der Waals surface area (Å²) in [6, 6.07) is 28.7. The van der Waals surface area contributed by atoms with Gasteiger partial charge in [0.05, 0.1) is 11.0 Å². The minimum Gasteiger partial charge on any atom is -0.479 e. The minimum atomic E-state index is -0.678. The molecule has 0 bridgehead atoms. The molecule has 1 aliphatic rings. The van der Waals surface area contributed by atoms with E-state index >= 15 is 0 Å². The molecule has 2 atom stereocenters. The van der Waals surface area contributed by atoms with Gasteiger partial charge in [-0.2, -0.15) is 0 Å². The number of rotatable bonds is 4. The average molecular weight is 361 g/mol. The van der Waals surface area contributed by atoms with Crippen LogP contribution in [0.1, 0.15) is 27.4 Å². The van der Waals surface area contributed by atoms with Gasteiger partial charge in [-0.1, -0.05) is 103 Å². The third kappa shape index (κ3) is 3.04. The van der Waals surface area contributed by atoms with Crippen LogP contribution >= 0.6 is 11.6 Å². The van der Waals surface area contributed by atoms with E-state index in [2.05, 4.69) is 0 Å². The normalized spacial score (nSPS) is 19.3. The van der Waals surface area contributed by atoms with E-state index in [0.717, 1.165) is 11.1 Å². The predicted octanol–water partition coefficient (Wildman–Crippen LogP) is 5.66. The van der Waals surface area contributed by atoms with Crippen molar-refractivity contribution in [2.45, 2.75) is 12.0 Å². The standard InChI is InChI=1S/C23H17ClO2/c24-20-19(16-10-4-1-5-11-16)23(21(25)17-12-6-2-7-13-17)26-22(20)18-14-8-3-9-15-18/h1-15,19,23H. The lowest BCUT2D eigenvalue weighted by Gasteiger charge is -2.19. The zero-order valence-corrected chi connectivity index (χ0v) is 14.8. The molecule has 26 heavy (non-hydrogen) atoms. The van der Waals surface area contributed by atoms with Crippen LogP contribution in [0.4, 0.5) is 0 Å². The van der Waals surface area contributed by atoms with Crippen molar-refractivity contribution in [3.8, 4) is 0 Å². The second-order valence-electron chi connectivity index (χ2n) is 6.20. The van der Waals surface area contributed by atoms with Gasteiger partial charge in [0.15, 0.2) is 6.10 Å². The van der Waals surface area contributed by atoms with Crippen molar-refractivity contribution >= 4 is 23.1 Å². The second-order valence-corrected chi connectivity index (χ2v) is 6.61. The number of benzene rings is 3. The van der Waals surface area contributed by atoms with Gasteiger partial charge in [-0.15, -0.1) is 0 Å². The first-order chi connectivity index (χ1) is 12.8. The Morgan fingerprint density at radius 1 is 0.769 bits per heavy atom. The molecule has 128 valence electrons. The lowest BCUT2D eigenvalue weighted by Crippen LogP contribution is -2.27. The smallest absolute Gasteiger partial charge is 0.204 e. The van der Waals surface area contributed by atoms with Gasteiger partial charge in [0.2, 0.25) is 5.78 Å². The summed E-state index contributed by atoms with van der Waals surface area (Å²) in [5.74, 6) is 0.194. The van der Waals surface area contributed by atoms with Crippen molar-refractivity contribution < 1.29 is 9.53 Å². The molecule has 2 unspecified atom stereocenters. The van der Waals surface area contributed by atoms with Gasteiger partial charge in [-0.05, 0) is 5.56 Å². The summed E-state index contributed by atoms with van der Waals surface area (Å²) in [5.41, 5.74) is 2.47. The molecule has 0 N–H and O–H groups in total. The van der Waals surface area contributed by atoms with Crippen LogP contribution in [0.3, 0.4) is 0 Å². The Balaban J connectivity index is 1.78. The quantitative estimate of drug-likeness (QED) is 0.561. The Labute approximate surface area is 157 Å². The molecule has 1 heterocycles. The highest BCUT2D eigenvalue weighted by molar-refractivity contribution is 6.34. The SMILES string of the molecule is O=C(c1ccccc1)C1OC(c2ccccc2)=C(Cl)C1c1ccccc1. The van der Waals surface area contributed by atoms with E-state index in [1.807, 2.05) is 91.0 Å². The van der Waals surface area contributed by atoms with E-state index in [0.29, 0.717) is 16.4 Å². The van der Waals surface area contributed by atoms with Crippen LogP contribution in [0.5, 0.6) is 0 Å². The van der Waals surface area contributed by atoms with Crippen LogP contribution in [-0.2, 0) is 4.74 Å². The molecule has 0 saturated carbocycles. The fourth-order valence-corrected chi connectivity index (χ4v) is 3.67. The summed E-state index contributed by atoms with van der Waals surface area (Å²) < 4.78 is 6.14. The van der Waals surface area contributed by atoms with Gasteiger partial charge in [0, 0.05) is 11.1 Å². The molecule has 1 aliphatic heterocycles. The summed E-state index contributed by atoms with van der Waals surface area (Å²) in [7, 11) is 0. The number of carbonyl (C=O) groups excluding carboxylic acids is 1. The van der Waals surface area contributed by atoms with E-state index in [4.69, 9.17) is 16.3 Å². The minimum absolute atomic E-state index is 0.0662. The maximum Gasteiger partial charge on any atom is 0.204 e. The Kier molecular flexibility index (Phi) is 4.59. The lowest BCUT2D eigenvalue weighted by molar-refractivity contribution is 0.0754. The highest BCUT2D eigenvalue weighted by atomic mass is 35.5. The number of ether oxygens (including phenoxy) is 1. The molecule has 0 amide bonds. The maximum absolute atomic E-state index is 13.1. The maximum atomic E-state index is 13.1. The fraction of sp³-hybridized carbons (Fsp3) is 0.0870. The van der Waals surface area contributed by atoms with Crippen molar-refractivity contribution in [1.82, 2.24) is 0 Å². The van der Waals surface area contributed by atoms with Crippen LogP contribution in [0.2, 0.25) is 0 Å². The van der Waals surface area contributed by atoms with E-state index in [1.54, 1.807) is 0 Å². The molecule has 0 fully saturated rings. The monoisotopic (exact) mass is 360 g/mol. The molecule has 0 saturated heterocycles. The number of carbonyl (C=O) groups is 1. The molecule has 0 aliphatic carbocycles. The van der Waals surface area contributed by atoms with Crippen molar-refractivity contribution in [3.05, 3.63) is 113 Å². The molecule has 3 aromatic rings. The van der Waals surface area contributed by atoms with Gasteiger partial charge < -0.3 is 4.74 Å². The molecule has 0 spiro atoms. The van der Waals surface area contributed by atoms with Crippen LogP contribution in [0.15, 0.2) is 96.0 Å². The summed E-state index contributed by atoms with van der Waals surface area (Å²) in [6.45, 7) is 0. The average Bonchev–Trinajstić information content (AvgIpc) is 3.06. The lowest BCUT2D eigenvalue weighted by atomic mass is 9.89. The second kappa shape index (κ2) is 7.19. The molecule has 2 nitrogen and oxygen atoms in total. The van der Waals surface area contributed by atoms with Gasteiger partial charge in [0.25, 0.3) is 0 Å². The Morgan fingerprint density at radius 2 is 1.31 bits per heavy atom. The Hall–Kier alpha value is -2.84. The first kappa shape index (κ1) is 16.6. The van der Waals surface area contributed by atoms with Gasteiger partial charge in [0.1, 0.15) is 5.76 Å². The molecule has 3 aromatic carbocycles. The van der Waals surface area contributed by atoms with Gasteiger partial charge in [-0.3, -0.25) is 4.79 Å². The Morgan fingerprint density at radius 3 is 1.92 bits per heavy atom. The first-order valence-corrected chi connectivity index (χ1v) is 8.89. The fourth-order valence-electron chi connectivity index (χ4n) is 3.27. The zero-order valence-electron chi connectivity index (χ0n) is 14.0. The van der Waals surface area contributed by atoms with Crippen LogP contribution in [0, 0.1) is 0 Å². The van der Waals surface area contributed by atoms with Gasteiger partial charge in [-0.25, -0.2) is 0 Å². The summed E-state index contributed by atoms with van der Waals surface area (Å²) in [4.78, 5) is 13.1. The number of Topliss-reactive ketones (excluding diaryl/α,β-unsaturated/α-hetero) is 1. The Bertz CT molecular complexity index is 934. The topological polar surface area (TPSA) is 26.3 Å². The van der Waals surface area contributed by atoms with E-state index in [-0.39, 0.29) is 11.7 Å². The number of hydrogen-bond donors (Lipinski definition) is 0. The summed E-state index contributed by atoms with van der Waals surface area (Å²) >= 11 is 6.74. The van der Waals surface area contributed by atoms with Crippen molar-refractivity contribution in [2.24, 2.45) is 0 Å². The third-order valence-electron chi connectivity index (χ3n) is 4.55. The predicted molar refractivity (Wildman–Crippen MR) is 104 cm³/mol. The van der Waals surface area contributed by atoms with Crippen molar-refractivity contribution in [2.75, 3.05) is 0 Å². The van der Waals surface area contributed by atoms with Crippen molar-refractivity contribution in [1.29, 1.82) is 0 Å².